The average molecular weight is 325 g/mol. The third-order valence-electron chi connectivity index (χ3n) is 4.56. The van der Waals surface area contributed by atoms with Gasteiger partial charge in [-0.25, -0.2) is 4.79 Å². The standard InChI is InChI=1S/C18H19N3O3/c1-20-10-6-13-15-12(5-7-19-13)11-14(23-2)17(16(15)20)24-18(22)21-8-3-4-9-21/h5-7,10-11H,3-4,8-9H2,1-2H3. The molecule has 6 heteroatoms. The maximum Gasteiger partial charge on any atom is 0.415 e. The molecule has 6 nitrogen and oxygen atoms in total. The quantitative estimate of drug-likeness (QED) is 0.848. The van der Waals surface area contributed by atoms with E-state index in [-0.39, 0.29) is 6.09 Å². The Balaban J connectivity index is 1.86. The van der Waals surface area contributed by atoms with Crippen LogP contribution in [0.1, 0.15) is 18.5 Å². The van der Waals surface area contributed by atoms with Crippen LogP contribution in [0, 0.1) is 0 Å². The summed E-state index contributed by atoms with van der Waals surface area (Å²) in [6.45, 7) is 1.49. The summed E-state index contributed by atoms with van der Waals surface area (Å²) in [6.07, 6.45) is 7.35. The number of amides is 1. The number of benzene rings is 1. The minimum atomic E-state index is -0.324. The highest BCUT2D eigenvalue weighted by molar-refractivity contribution is 6.06. The number of hydrogen-bond donors (Lipinski definition) is 0. The van der Waals surface area contributed by atoms with Gasteiger partial charge >= 0.3 is 6.09 Å². The maximum atomic E-state index is 12.5. The Kier molecular flexibility index (Phi) is 3.52. The largest absolute Gasteiger partial charge is 0.493 e. The fourth-order valence-electron chi connectivity index (χ4n) is 3.33. The number of carbonyl (C=O) groups excluding carboxylic acids is 1. The van der Waals surface area contributed by atoms with Crippen LogP contribution in [0.5, 0.6) is 11.5 Å². The molecule has 0 atom stereocenters. The van der Waals surface area contributed by atoms with Gasteiger partial charge in [-0.15, -0.1) is 0 Å². The molecule has 3 heterocycles. The van der Waals surface area contributed by atoms with Crippen molar-refractivity contribution in [3.05, 3.63) is 30.2 Å². The predicted octanol–water partition coefficient (Wildman–Crippen LogP) is 3.26. The summed E-state index contributed by atoms with van der Waals surface area (Å²) in [6, 6.07) is 3.83. The summed E-state index contributed by atoms with van der Waals surface area (Å²) in [5, 5.41) is 1.97. The Morgan fingerprint density at radius 2 is 2.08 bits per heavy atom. The molecule has 2 aliphatic heterocycles. The highest BCUT2D eigenvalue weighted by Gasteiger charge is 2.27. The second-order valence-corrected chi connectivity index (χ2v) is 6.04. The fourth-order valence-corrected chi connectivity index (χ4v) is 3.33. The highest BCUT2D eigenvalue weighted by atomic mass is 16.6. The molecule has 0 N–H and O–H groups in total. The highest BCUT2D eigenvalue weighted by Crippen LogP contribution is 2.46. The molecular formula is C18H19N3O3. The lowest BCUT2D eigenvalue weighted by Crippen LogP contribution is -2.31. The number of likely N-dealkylation sites (tertiary alicyclic amines) is 1. The third kappa shape index (κ3) is 2.26. The van der Waals surface area contributed by atoms with Crippen molar-refractivity contribution < 1.29 is 14.3 Å². The van der Waals surface area contributed by atoms with E-state index in [1.165, 1.54) is 0 Å². The van der Waals surface area contributed by atoms with Crippen LogP contribution >= 0.6 is 0 Å². The summed E-state index contributed by atoms with van der Waals surface area (Å²) in [5.74, 6) is 0.993. The topological polar surface area (TPSA) is 54.9 Å². The molecule has 0 aliphatic carbocycles. The Morgan fingerprint density at radius 3 is 2.83 bits per heavy atom. The van der Waals surface area contributed by atoms with Crippen molar-refractivity contribution in [2.24, 2.45) is 0 Å². The zero-order valence-corrected chi connectivity index (χ0v) is 13.8. The molecular weight excluding hydrogens is 306 g/mol. The Hall–Kier alpha value is -2.76. The molecule has 1 saturated heterocycles. The van der Waals surface area contributed by atoms with Crippen LogP contribution in [-0.2, 0) is 0 Å². The fraction of sp³-hybridized carbons (Fsp3) is 0.333. The first-order valence-corrected chi connectivity index (χ1v) is 8.06. The van der Waals surface area contributed by atoms with Gasteiger partial charge in [-0.3, -0.25) is 4.98 Å². The molecule has 0 saturated carbocycles. The first-order chi connectivity index (χ1) is 11.7. The van der Waals surface area contributed by atoms with Crippen LogP contribution < -0.4 is 14.4 Å². The molecule has 1 fully saturated rings. The first kappa shape index (κ1) is 14.8. The third-order valence-corrected chi connectivity index (χ3v) is 4.56. The van der Waals surface area contributed by atoms with Crippen LogP contribution in [0.15, 0.2) is 24.5 Å². The second-order valence-electron chi connectivity index (χ2n) is 6.04. The van der Waals surface area contributed by atoms with E-state index in [0.29, 0.717) is 11.5 Å². The number of pyridine rings is 1. The number of carbonyl (C=O) groups is 1. The molecule has 4 rings (SSSR count). The smallest absolute Gasteiger partial charge is 0.415 e. The van der Waals surface area contributed by atoms with Gasteiger partial charge in [-0.1, -0.05) is 0 Å². The van der Waals surface area contributed by atoms with Crippen molar-refractivity contribution in [2.45, 2.75) is 12.8 Å². The van der Waals surface area contributed by atoms with Gasteiger partial charge in [-0.2, -0.15) is 0 Å². The van der Waals surface area contributed by atoms with Crippen LogP contribution in [-0.4, -0.2) is 43.2 Å². The van der Waals surface area contributed by atoms with E-state index in [9.17, 15) is 4.79 Å². The van der Waals surface area contributed by atoms with Crippen molar-refractivity contribution in [3.8, 4) is 11.5 Å². The molecule has 1 aromatic heterocycles. The van der Waals surface area contributed by atoms with Crippen LogP contribution in [0.3, 0.4) is 0 Å². The molecule has 24 heavy (non-hydrogen) atoms. The van der Waals surface area contributed by atoms with Gasteiger partial charge < -0.3 is 19.3 Å². The number of hydrogen-bond acceptors (Lipinski definition) is 5. The van der Waals surface area contributed by atoms with Crippen molar-refractivity contribution in [2.75, 3.05) is 32.1 Å². The lowest BCUT2D eigenvalue weighted by atomic mass is 10.0. The van der Waals surface area contributed by atoms with Crippen molar-refractivity contribution in [3.63, 3.8) is 0 Å². The van der Waals surface area contributed by atoms with Crippen LogP contribution in [0.25, 0.3) is 16.8 Å². The van der Waals surface area contributed by atoms with E-state index in [1.807, 2.05) is 36.4 Å². The molecule has 1 aromatic carbocycles. The van der Waals surface area contributed by atoms with E-state index < -0.39 is 0 Å². The molecule has 2 aromatic rings. The van der Waals surface area contributed by atoms with Crippen molar-refractivity contribution in [1.29, 1.82) is 0 Å². The van der Waals surface area contributed by atoms with E-state index in [4.69, 9.17) is 9.47 Å². The monoisotopic (exact) mass is 325 g/mol. The molecule has 124 valence electrons. The predicted molar refractivity (Wildman–Crippen MR) is 92.6 cm³/mol. The Bertz CT molecular complexity index is 841. The SMILES string of the molecule is COc1cc2ccnc3c2c(c1OC(=O)N1CCCC1)N(C)C=C3. The molecule has 0 spiro atoms. The van der Waals surface area contributed by atoms with Gasteiger partial charge in [0.1, 0.15) is 0 Å². The van der Waals surface area contributed by atoms with E-state index >= 15 is 0 Å². The normalized spacial score (nSPS) is 15.9. The first-order valence-electron chi connectivity index (χ1n) is 8.06. The van der Waals surface area contributed by atoms with Crippen LogP contribution in [0.2, 0.25) is 0 Å². The van der Waals surface area contributed by atoms with E-state index in [2.05, 4.69) is 4.98 Å². The van der Waals surface area contributed by atoms with E-state index in [1.54, 1.807) is 18.2 Å². The number of rotatable bonds is 2. The summed E-state index contributed by atoms with van der Waals surface area (Å²) < 4.78 is 11.3. The number of anilines is 1. The van der Waals surface area contributed by atoms with E-state index in [0.717, 1.165) is 48.1 Å². The van der Waals surface area contributed by atoms with Gasteiger partial charge in [-0.05, 0) is 36.4 Å². The minimum absolute atomic E-state index is 0.324. The average Bonchev–Trinajstić information content (AvgIpc) is 3.13. The number of ether oxygens (including phenoxy) is 2. The van der Waals surface area contributed by atoms with Gasteiger partial charge in [0.2, 0.25) is 0 Å². The molecule has 0 radical (unpaired) electrons. The molecule has 0 bridgehead atoms. The maximum absolute atomic E-state index is 12.5. The van der Waals surface area contributed by atoms with Crippen LogP contribution in [0.4, 0.5) is 10.5 Å². The van der Waals surface area contributed by atoms with Gasteiger partial charge in [0, 0.05) is 37.9 Å². The summed E-state index contributed by atoms with van der Waals surface area (Å²) in [7, 11) is 3.51. The minimum Gasteiger partial charge on any atom is -0.493 e. The number of nitrogens with zero attached hydrogens (tertiary/aromatic N) is 3. The molecule has 0 unspecified atom stereocenters. The summed E-state index contributed by atoms with van der Waals surface area (Å²) >= 11 is 0. The Morgan fingerprint density at radius 1 is 1.29 bits per heavy atom. The number of methoxy groups -OCH3 is 1. The van der Waals surface area contributed by atoms with Crippen molar-refractivity contribution >= 4 is 28.6 Å². The summed E-state index contributed by atoms with van der Waals surface area (Å²) in [4.78, 5) is 20.6. The van der Waals surface area contributed by atoms with Gasteiger partial charge in [0.15, 0.2) is 11.5 Å². The van der Waals surface area contributed by atoms with Crippen molar-refractivity contribution in [1.82, 2.24) is 9.88 Å². The second kappa shape index (κ2) is 5.70. The summed E-state index contributed by atoms with van der Waals surface area (Å²) in [5.41, 5.74) is 1.67. The van der Waals surface area contributed by atoms with Gasteiger partial charge in [0.25, 0.3) is 0 Å². The molecule has 1 amide bonds. The van der Waals surface area contributed by atoms with Gasteiger partial charge in [0.05, 0.1) is 18.5 Å². The number of aromatic nitrogens is 1. The molecule has 2 aliphatic rings. The zero-order chi connectivity index (χ0) is 16.7. The lowest BCUT2D eigenvalue weighted by molar-refractivity contribution is 0.161. The lowest BCUT2D eigenvalue weighted by Gasteiger charge is -2.26. The zero-order valence-electron chi connectivity index (χ0n) is 13.8. The Labute approximate surface area is 140 Å².